The predicted octanol–water partition coefficient (Wildman–Crippen LogP) is 6.22. The lowest BCUT2D eigenvalue weighted by molar-refractivity contribution is 0.0956. The van der Waals surface area contributed by atoms with Crippen LogP contribution in [0.5, 0.6) is 0 Å². The third-order valence-electron chi connectivity index (χ3n) is 6.13. The van der Waals surface area contributed by atoms with Crippen molar-refractivity contribution in [1.29, 1.82) is 0 Å². The van der Waals surface area contributed by atoms with Crippen molar-refractivity contribution in [1.82, 2.24) is 10.4 Å². The van der Waals surface area contributed by atoms with Crippen LogP contribution in [0.25, 0.3) is 22.2 Å². The summed E-state index contributed by atoms with van der Waals surface area (Å²) in [6.07, 6.45) is 4.17. The second-order valence-corrected chi connectivity index (χ2v) is 9.20. The van der Waals surface area contributed by atoms with Crippen LogP contribution >= 0.6 is 0 Å². The second-order valence-electron chi connectivity index (χ2n) is 9.20. The molecular formula is C26H29N3O. The summed E-state index contributed by atoms with van der Waals surface area (Å²) in [5.74, 6) is 0.529. The zero-order valence-corrected chi connectivity index (χ0v) is 18.0. The van der Waals surface area contributed by atoms with E-state index in [2.05, 4.69) is 31.3 Å². The number of amides is 1. The summed E-state index contributed by atoms with van der Waals surface area (Å²) in [6, 6.07) is 19.6. The maximum Gasteiger partial charge on any atom is 0.272 e. The van der Waals surface area contributed by atoms with Gasteiger partial charge in [0.05, 0.1) is 16.8 Å². The summed E-state index contributed by atoms with van der Waals surface area (Å²) in [5, 5.41) is 5.32. The molecule has 0 saturated heterocycles. The number of fused-ring (bicyclic) bond motifs is 1. The van der Waals surface area contributed by atoms with Gasteiger partial charge in [-0.25, -0.2) is 10.4 Å². The summed E-state index contributed by atoms with van der Waals surface area (Å²) in [5.41, 5.74) is 7.43. The minimum atomic E-state index is -0.184. The van der Waals surface area contributed by atoms with Crippen LogP contribution < -0.4 is 5.43 Å². The van der Waals surface area contributed by atoms with Crippen LogP contribution in [0.15, 0.2) is 65.8 Å². The van der Waals surface area contributed by atoms with Crippen molar-refractivity contribution in [3.05, 3.63) is 66.2 Å². The SMILES string of the molecule is CC(C)(C)C1CCC(=NNC(=O)c2cc(-c3ccccc3)nc3ccccc23)CC1. The van der Waals surface area contributed by atoms with Crippen LogP contribution in [-0.2, 0) is 0 Å². The van der Waals surface area contributed by atoms with Gasteiger partial charge in [0, 0.05) is 16.7 Å². The highest BCUT2D eigenvalue weighted by molar-refractivity contribution is 6.07. The fourth-order valence-corrected chi connectivity index (χ4v) is 4.24. The number of carbonyl (C=O) groups is 1. The number of hydrogen-bond acceptors (Lipinski definition) is 3. The zero-order valence-electron chi connectivity index (χ0n) is 18.0. The Morgan fingerprint density at radius 2 is 1.67 bits per heavy atom. The molecule has 1 N–H and O–H groups in total. The largest absolute Gasteiger partial charge is 0.272 e. The molecule has 154 valence electrons. The lowest BCUT2D eigenvalue weighted by Gasteiger charge is -2.34. The summed E-state index contributed by atoms with van der Waals surface area (Å²) in [4.78, 5) is 17.8. The van der Waals surface area contributed by atoms with E-state index in [9.17, 15) is 4.79 Å². The minimum Gasteiger partial charge on any atom is -0.267 e. The Kier molecular flexibility index (Phi) is 5.67. The second kappa shape index (κ2) is 8.39. The quantitative estimate of drug-likeness (QED) is 0.531. The number of rotatable bonds is 3. The number of carbonyl (C=O) groups excluding carboxylic acids is 1. The molecule has 1 aliphatic rings. The molecule has 1 heterocycles. The minimum absolute atomic E-state index is 0.184. The fraction of sp³-hybridized carbons (Fsp3) is 0.346. The lowest BCUT2D eigenvalue weighted by atomic mass is 9.72. The van der Waals surface area contributed by atoms with E-state index >= 15 is 0 Å². The molecule has 0 bridgehead atoms. The molecular weight excluding hydrogens is 370 g/mol. The zero-order chi connectivity index (χ0) is 21.1. The number of benzene rings is 2. The molecule has 4 nitrogen and oxygen atoms in total. The number of pyridine rings is 1. The van der Waals surface area contributed by atoms with Crippen molar-refractivity contribution in [2.75, 3.05) is 0 Å². The van der Waals surface area contributed by atoms with Gasteiger partial charge in [0.25, 0.3) is 5.91 Å². The molecule has 2 aromatic carbocycles. The Bertz CT molecular complexity index is 1070. The molecule has 4 heteroatoms. The van der Waals surface area contributed by atoms with Crippen molar-refractivity contribution >= 4 is 22.5 Å². The Balaban J connectivity index is 1.57. The van der Waals surface area contributed by atoms with Crippen LogP contribution in [0.4, 0.5) is 0 Å². The number of aromatic nitrogens is 1. The number of hydrogen-bond donors (Lipinski definition) is 1. The van der Waals surface area contributed by atoms with Gasteiger partial charge in [-0.2, -0.15) is 5.10 Å². The van der Waals surface area contributed by atoms with Crippen molar-refractivity contribution in [3.8, 4) is 11.3 Å². The summed E-state index contributed by atoms with van der Waals surface area (Å²) < 4.78 is 0. The Labute approximate surface area is 178 Å². The molecule has 1 fully saturated rings. The maximum atomic E-state index is 13.1. The van der Waals surface area contributed by atoms with E-state index in [-0.39, 0.29) is 5.91 Å². The highest BCUT2D eigenvalue weighted by atomic mass is 16.2. The molecule has 0 aliphatic heterocycles. The molecule has 0 unspecified atom stereocenters. The topological polar surface area (TPSA) is 54.4 Å². The van der Waals surface area contributed by atoms with Crippen LogP contribution in [-0.4, -0.2) is 16.6 Å². The first-order chi connectivity index (χ1) is 14.4. The average Bonchev–Trinajstić information content (AvgIpc) is 2.77. The summed E-state index contributed by atoms with van der Waals surface area (Å²) >= 11 is 0. The molecule has 30 heavy (non-hydrogen) atoms. The van der Waals surface area contributed by atoms with Crippen molar-refractivity contribution in [2.45, 2.75) is 46.5 Å². The molecule has 0 spiro atoms. The number of nitrogens with one attached hydrogen (secondary N) is 1. The van der Waals surface area contributed by atoms with E-state index in [1.807, 2.05) is 60.7 Å². The van der Waals surface area contributed by atoms with E-state index in [0.717, 1.165) is 53.6 Å². The fourth-order valence-electron chi connectivity index (χ4n) is 4.24. The first-order valence-corrected chi connectivity index (χ1v) is 10.7. The van der Waals surface area contributed by atoms with Gasteiger partial charge >= 0.3 is 0 Å². The van der Waals surface area contributed by atoms with Crippen LogP contribution in [0.3, 0.4) is 0 Å². The van der Waals surface area contributed by atoms with E-state index in [1.54, 1.807) is 0 Å². The Morgan fingerprint density at radius 1 is 1.00 bits per heavy atom. The number of hydrazone groups is 1. The molecule has 0 atom stereocenters. The van der Waals surface area contributed by atoms with Crippen molar-refractivity contribution in [3.63, 3.8) is 0 Å². The van der Waals surface area contributed by atoms with E-state index in [4.69, 9.17) is 4.98 Å². The molecule has 1 saturated carbocycles. The monoisotopic (exact) mass is 399 g/mol. The average molecular weight is 400 g/mol. The van der Waals surface area contributed by atoms with Gasteiger partial charge < -0.3 is 0 Å². The van der Waals surface area contributed by atoms with Crippen LogP contribution in [0, 0.1) is 11.3 Å². The smallest absolute Gasteiger partial charge is 0.267 e. The first kappa shape index (κ1) is 20.3. The Hall–Kier alpha value is -3.01. The summed E-state index contributed by atoms with van der Waals surface area (Å²) in [7, 11) is 0. The molecule has 1 amide bonds. The molecule has 1 aliphatic carbocycles. The molecule has 1 aromatic heterocycles. The van der Waals surface area contributed by atoms with Gasteiger partial charge in [0.2, 0.25) is 0 Å². The predicted molar refractivity (Wildman–Crippen MR) is 123 cm³/mol. The highest BCUT2D eigenvalue weighted by Gasteiger charge is 2.28. The van der Waals surface area contributed by atoms with Crippen molar-refractivity contribution < 1.29 is 4.79 Å². The van der Waals surface area contributed by atoms with Crippen LogP contribution in [0.2, 0.25) is 0 Å². The molecule has 0 radical (unpaired) electrons. The van der Waals surface area contributed by atoms with Gasteiger partial charge in [-0.15, -0.1) is 0 Å². The van der Waals surface area contributed by atoms with Gasteiger partial charge in [-0.3, -0.25) is 4.79 Å². The number of nitrogens with zero attached hydrogens (tertiary/aromatic N) is 2. The third kappa shape index (κ3) is 4.43. The van der Waals surface area contributed by atoms with E-state index < -0.39 is 0 Å². The first-order valence-electron chi connectivity index (χ1n) is 10.7. The summed E-state index contributed by atoms with van der Waals surface area (Å²) in [6.45, 7) is 6.92. The van der Waals surface area contributed by atoms with E-state index in [0.29, 0.717) is 16.9 Å². The Morgan fingerprint density at radius 3 is 2.37 bits per heavy atom. The van der Waals surface area contributed by atoms with Crippen molar-refractivity contribution in [2.24, 2.45) is 16.4 Å². The van der Waals surface area contributed by atoms with E-state index in [1.165, 1.54) is 0 Å². The normalized spacial score (nSPS) is 17.0. The lowest BCUT2D eigenvalue weighted by Crippen LogP contribution is -2.27. The van der Waals surface area contributed by atoms with Gasteiger partial charge in [0.15, 0.2) is 0 Å². The van der Waals surface area contributed by atoms with Gasteiger partial charge in [-0.05, 0) is 49.1 Å². The molecule has 4 rings (SSSR count). The van der Waals surface area contributed by atoms with Gasteiger partial charge in [0.1, 0.15) is 0 Å². The number of para-hydroxylation sites is 1. The highest BCUT2D eigenvalue weighted by Crippen LogP contribution is 2.36. The third-order valence-corrected chi connectivity index (χ3v) is 6.13. The van der Waals surface area contributed by atoms with Gasteiger partial charge in [-0.1, -0.05) is 69.3 Å². The molecule has 3 aromatic rings. The maximum absolute atomic E-state index is 13.1. The standard InChI is InChI=1S/C26H29N3O/c1-26(2,3)19-13-15-20(16-14-19)28-29-25(30)22-17-24(18-9-5-4-6-10-18)27-23-12-8-7-11-21(22)23/h4-12,17,19H,13-16H2,1-3H3,(H,29,30). The van der Waals surface area contributed by atoms with Crippen LogP contribution in [0.1, 0.15) is 56.8 Å².